The molecule has 1 unspecified atom stereocenters. The molecule has 1 saturated carbocycles. The Hall–Kier alpha value is -1.39. The van der Waals surface area contributed by atoms with Gasteiger partial charge in [0, 0.05) is 25.7 Å². The third-order valence-electron chi connectivity index (χ3n) is 6.72. The van der Waals surface area contributed by atoms with Gasteiger partial charge < -0.3 is 10.2 Å². The van der Waals surface area contributed by atoms with Crippen LogP contribution in [0, 0.1) is 11.8 Å². The zero-order chi connectivity index (χ0) is 18.5. The molecule has 4 heteroatoms. The van der Waals surface area contributed by atoms with E-state index in [-0.39, 0.29) is 5.92 Å². The number of carbonyl (C=O) groups excluding carboxylic acids is 1. The molecule has 4 nitrogen and oxygen atoms in total. The molecule has 3 fully saturated rings. The highest BCUT2D eigenvalue weighted by molar-refractivity contribution is 5.79. The van der Waals surface area contributed by atoms with Crippen molar-refractivity contribution in [2.24, 2.45) is 11.8 Å². The van der Waals surface area contributed by atoms with E-state index in [9.17, 15) is 4.79 Å². The molecule has 1 aromatic rings. The Balaban J connectivity index is 1.18. The number of benzene rings is 1. The highest BCUT2D eigenvalue weighted by Crippen LogP contribution is 2.28. The fourth-order valence-electron chi connectivity index (χ4n) is 4.70. The molecule has 2 saturated heterocycles. The first-order valence-electron chi connectivity index (χ1n) is 11.1. The van der Waals surface area contributed by atoms with Crippen molar-refractivity contribution in [3.8, 4) is 0 Å². The van der Waals surface area contributed by atoms with E-state index in [0.717, 1.165) is 31.8 Å². The monoisotopic (exact) mass is 369 g/mol. The molecule has 1 aromatic carbocycles. The van der Waals surface area contributed by atoms with E-state index in [4.69, 9.17) is 0 Å². The van der Waals surface area contributed by atoms with Crippen molar-refractivity contribution in [2.75, 3.05) is 39.3 Å². The van der Waals surface area contributed by atoms with E-state index in [2.05, 4.69) is 45.4 Å². The molecule has 3 aliphatic rings. The van der Waals surface area contributed by atoms with Gasteiger partial charge in [0.25, 0.3) is 0 Å². The summed E-state index contributed by atoms with van der Waals surface area (Å²) in [4.78, 5) is 17.7. The molecule has 1 atom stereocenters. The van der Waals surface area contributed by atoms with E-state index < -0.39 is 0 Å². The second-order valence-electron chi connectivity index (χ2n) is 8.83. The average molecular weight is 370 g/mol. The summed E-state index contributed by atoms with van der Waals surface area (Å²) in [6.45, 7) is 6.64. The maximum absolute atomic E-state index is 12.5. The van der Waals surface area contributed by atoms with Gasteiger partial charge >= 0.3 is 0 Å². The van der Waals surface area contributed by atoms with Crippen molar-refractivity contribution in [1.82, 2.24) is 15.1 Å². The minimum Gasteiger partial charge on any atom is -0.356 e. The Labute approximate surface area is 164 Å². The summed E-state index contributed by atoms with van der Waals surface area (Å²) in [7, 11) is 0. The topological polar surface area (TPSA) is 35.6 Å². The smallest absolute Gasteiger partial charge is 0.224 e. The van der Waals surface area contributed by atoms with Crippen LogP contribution in [-0.2, 0) is 11.2 Å². The van der Waals surface area contributed by atoms with Crippen LogP contribution in [0.4, 0.5) is 0 Å². The summed E-state index contributed by atoms with van der Waals surface area (Å²) in [5.74, 6) is 1.30. The minimum absolute atomic E-state index is 0.216. The second-order valence-corrected chi connectivity index (χ2v) is 8.83. The van der Waals surface area contributed by atoms with Crippen LogP contribution in [0.15, 0.2) is 30.3 Å². The van der Waals surface area contributed by atoms with Crippen LogP contribution in [0.5, 0.6) is 0 Å². The summed E-state index contributed by atoms with van der Waals surface area (Å²) >= 11 is 0. The number of piperidine rings is 2. The molecule has 4 rings (SSSR count). The maximum Gasteiger partial charge on any atom is 0.224 e. The number of nitrogens with zero attached hydrogens (tertiary/aromatic N) is 2. The summed E-state index contributed by atoms with van der Waals surface area (Å²) < 4.78 is 0. The first-order chi connectivity index (χ1) is 13.3. The van der Waals surface area contributed by atoms with Gasteiger partial charge in [-0.2, -0.15) is 0 Å². The summed E-state index contributed by atoms with van der Waals surface area (Å²) in [6, 6.07) is 11.5. The Morgan fingerprint density at radius 3 is 2.52 bits per heavy atom. The van der Waals surface area contributed by atoms with Crippen molar-refractivity contribution < 1.29 is 4.79 Å². The molecule has 1 aliphatic carbocycles. The molecular formula is C23H35N3O. The van der Waals surface area contributed by atoms with Crippen LogP contribution in [0.25, 0.3) is 0 Å². The Bertz CT molecular complexity index is 593. The summed E-state index contributed by atoms with van der Waals surface area (Å²) in [5.41, 5.74) is 1.44. The second kappa shape index (κ2) is 9.20. The van der Waals surface area contributed by atoms with Gasteiger partial charge in [0.2, 0.25) is 5.91 Å². The molecule has 0 aromatic heterocycles. The predicted octanol–water partition coefficient (Wildman–Crippen LogP) is 2.93. The molecule has 0 radical (unpaired) electrons. The van der Waals surface area contributed by atoms with E-state index >= 15 is 0 Å². The number of nitrogens with one attached hydrogen (secondary N) is 1. The molecule has 1 N–H and O–H groups in total. The molecule has 0 bridgehead atoms. The molecule has 1 amide bonds. The lowest BCUT2D eigenvalue weighted by Crippen LogP contribution is -2.51. The van der Waals surface area contributed by atoms with Crippen molar-refractivity contribution in [3.63, 3.8) is 0 Å². The minimum atomic E-state index is 0.216. The van der Waals surface area contributed by atoms with Gasteiger partial charge in [-0.1, -0.05) is 30.3 Å². The van der Waals surface area contributed by atoms with E-state index in [0.29, 0.717) is 11.9 Å². The normalized spacial score (nSPS) is 25.4. The van der Waals surface area contributed by atoms with Crippen LogP contribution in [-0.4, -0.2) is 61.0 Å². The number of likely N-dealkylation sites (tertiary alicyclic amines) is 2. The highest BCUT2D eigenvalue weighted by Gasteiger charge is 2.32. The molecule has 2 aliphatic heterocycles. The van der Waals surface area contributed by atoms with Gasteiger partial charge in [-0.05, 0) is 76.1 Å². The number of rotatable bonds is 7. The molecule has 0 spiro atoms. The summed E-state index contributed by atoms with van der Waals surface area (Å²) in [6.07, 6.45) is 8.52. The standard InChI is InChI=1S/C23H35N3O/c27-23(24-17-20-8-9-20)21-7-4-13-26(18-21)22-11-15-25(16-12-22)14-10-19-5-2-1-3-6-19/h1-3,5-6,20-22H,4,7-18H2,(H,24,27). The molecule has 27 heavy (non-hydrogen) atoms. The molecule has 148 valence electrons. The van der Waals surface area contributed by atoms with Gasteiger partial charge in [0.1, 0.15) is 0 Å². The van der Waals surface area contributed by atoms with Crippen molar-refractivity contribution in [3.05, 3.63) is 35.9 Å². The van der Waals surface area contributed by atoms with Crippen LogP contribution >= 0.6 is 0 Å². The third-order valence-corrected chi connectivity index (χ3v) is 6.72. The predicted molar refractivity (Wildman–Crippen MR) is 110 cm³/mol. The number of hydrogen-bond donors (Lipinski definition) is 1. The molecule has 2 heterocycles. The molecular weight excluding hydrogens is 334 g/mol. The van der Waals surface area contributed by atoms with Crippen molar-refractivity contribution >= 4 is 5.91 Å². The number of carbonyl (C=O) groups is 1. The van der Waals surface area contributed by atoms with Crippen LogP contribution in [0.2, 0.25) is 0 Å². The Morgan fingerprint density at radius 2 is 1.78 bits per heavy atom. The van der Waals surface area contributed by atoms with E-state index in [1.54, 1.807) is 0 Å². The van der Waals surface area contributed by atoms with E-state index in [1.807, 2.05) is 0 Å². The van der Waals surface area contributed by atoms with Gasteiger partial charge in [0.15, 0.2) is 0 Å². The van der Waals surface area contributed by atoms with Crippen LogP contribution < -0.4 is 5.32 Å². The van der Waals surface area contributed by atoms with Gasteiger partial charge in [0.05, 0.1) is 5.92 Å². The fourth-order valence-corrected chi connectivity index (χ4v) is 4.70. The number of hydrogen-bond acceptors (Lipinski definition) is 3. The Kier molecular flexibility index (Phi) is 6.46. The number of amides is 1. The van der Waals surface area contributed by atoms with Crippen LogP contribution in [0.1, 0.15) is 44.1 Å². The summed E-state index contributed by atoms with van der Waals surface area (Å²) in [5, 5.41) is 3.20. The van der Waals surface area contributed by atoms with Crippen molar-refractivity contribution in [1.29, 1.82) is 0 Å². The SMILES string of the molecule is O=C(NCC1CC1)C1CCCN(C2CCN(CCc3ccccc3)CC2)C1. The van der Waals surface area contributed by atoms with Gasteiger partial charge in [-0.3, -0.25) is 9.69 Å². The van der Waals surface area contributed by atoms with Gasteiger partial charge in [-0.25, -0.2) is 0 Å². The first-order valence-corrected chi connectivity index (χ1v) is 11.1. The van der Waals surface area contributed by atoms with E-state index in [1.165, 1.54) is 63.8 Å². The highest BCUT2D eigenvalue weighted by atomic mass is 16.1. The average Bonchev–Trinajstić information content (AvgIpc) is 3.56. The zero-order valence-corrected chi connectivity index (χ0v) is 16.6. The lowest BCUT2D eigenvalue weighted by Gasteiger charge is -2.42. The quantitative estimate of drug-likeness (QED) is 0.803. The Morgan fingerprint density at radius 1 is 1.00 bits per heavy atom. The van der Waals surface area contributed by atoms with Gasteiger partial charge in [-0.15, -0.1) is 0 Å². The third kappa shape index (κ3) is 5.55. The van der Waals surface area contributed by atoms with Crippen LogP contribution in [0.3, 0.4) is 0 Å². The fraction of sp³-hybridized carbons (Fsp3) is 0.696. The maximum atomic E-state index is 12.5. The van der Waals surface area contributed by atoms with Crippen molar-refractivity contribution in [2.45, 2.75) is 51.0 Å². The lowest BCUT2D eigenvalue weighted by molar-refractivity contribution is -0.127. The largest absolute Gasteiger partial charge is 0.356 e. The zero-order valence-electron chi connectivity index (χ0n) is 16.6. The first kappa shape index (κ1) is 18.9. The lowest BCUT2D eigenvalue weighted by atomic mass is 9.93.